The van der Waals surface area contributed by atoms with Crippen molar-refractivity contribution in [2.24, 2.45) is 5.92 Å². The van der Waals surface area contributed by atoms with E-state index in [1.165, 1.54) is 51.4 Å². The largest absolute Gasteiger partial charge is 0.0885 e. The van der Waals surface area contributed by atoms with Crippen molar-refractivity contribution in [2.45, 2.75) is 57.8 Å². The van der Waals surface area contributed by atoms with E-state index in [0.29, 0.717) is 0 Å². The van der Waals surface area contributed by atoms with E-state index in [-0.39, 0.29) is 0 Å². The van der Waals surface area contributed by atoms with Crippen LogP contribution in [0.15, 0.2) is 12.2 Å². The van der Waals surface area contributed by atoms with Crippen LogP contribution in [0.2, 0.25) is 0 Å². The number of allylic oxidation sites excluding steroid dienone is 2. The summed E-state index contributed by atoms with van der Waals surface area (Å²) in [5, 5.41) is 0. The molecule has 0 N–H and O–H groups in total. The average Bonchev–Trinajstić information content (AvgIpc) is 2.22. The highest BCUT2D eigenvalue weighted by Crippen LogP contribution is 2.19. The topological polar surface area (TPSA) is 0 Å². The van der Waals surface area contributed by atoms with Crippen molar-refractivity contribution in [3.63, 3.8) is 0 Å². The fourth-order valence-electron chi connectivity index (χ4n) is 2.01. The second kappa shape index (κ2) is 7.17. The van der Waals surface area contributed by atoms with Gasteiger partial charge in [-0.2, -0.15) is 0 Å². The fourth-order valence-corrected chi connectivity index (χ4v) is 2.01. The summed E-state index contributed by atoms with van der Waals surface area (Å²) in [6.07, 6.45) is 17.0. The normalized spacial score (nSPS) is 29.2. The van der Waals surface area contributed by atoms with Crippen LogP contribution in [0, 0.1) is 12.8 Å². The van der Waals surface area contributed by atoms with Gasteiger partial charge in [0.25, 0.3) is 0 Å². The minimum absolute atomic E-state index is 0.856. The van der Waals surface area contributed by atoms with Crippen LogP contribution in [-0.2, 0) is 0 Å². The minimum atomic E-state index is 0.856. The lowest BCUT2D eigenvalue weighted by Gasteiger charge is -2.11. The average molecular weight is 179 g/mol. The molecule has 0 aliphatic heterocycles. The maximum atomic E-state index is 4.03. The van der Waals surface area contributed by atoms with Gasteiger partial charge in [0.15, 0.2) is 0 Å². The van der Waals surface area contributed by atoms with E-state index in [1.807, 2.05) is 0 Å². The van der Waals surface area contributed by atoms with E-state index < -0.39 is 0 Å². The van der Waals surface area contributed by atoms with Crippen molar-refractivity contribution in [1.82, 2.24) is 0 Å². The first kappa shape index (κ1) is 10.8. The Morgan fingerprint density at radius 3 is 2.62 bits per heavy atom. The summed E-state index contributed by atoms with van der Waals surface area (Å²) in [6.45, 7) is 4.03. The van der Waals surface area contributed by atoms with Crippen LogP contribution in [0.3, 0.4) is 0 Å². The Bertz CT molecular complexity index is 135. The summed E-state index contributed by atoms with van der Waals surface area (Å²) in [4.78, 5) is 0. The molecule has 13 heavy (non-hydrogen) atoms. The molecule has 0 saturated carbocycles. The molecule has 1 aliphatic carbocycles. The Hall–Kier alpha value is -0.260. The van der Waals surface area contributed by atoms with Gasteiger partial charge in [0.05, 0.1) is 0 Å². The second-order valence-electron chi connectivity index (χ2n) is 4.21. The van der Waals surface area contributed by atoms with Crippen LogP contribution in [0.1, 0.15) is 57.8 Å². The smallest absolute Gasteiger partial charge is 0.0322 e. The van der Waals surface area contributed by atoms with Crippen molar-refractivity contribution in [3.05, 3.63) is 19.1 Å². The summed E-state index contributed by atoms with van der Waals surface area (Å²) in [5.41, 5.74) is 0. The molecule has 0 spiro atoms. The summed E-state index contributed by atoms with van der Waals surface area (Å²) < 4.78 is 0. The molecule has 0 aromatic carbocycles. The van der Waals surface area contributed by atoms with Gasteiger partial charge in [-0.25, -0.2) is 0 Å². The summed E-state index contributed by atoms with van der Waals surface area (Å²) >= 11 is 0. The SMILES string of the molecule is [CH2]CC1C/C=C/CCCCCCC1. The van der Waals surface area contributed by atoms with E-state index >= 15 is 0 Å². The van der Waals surface area contributed by atoms with Gasteiger partial charge >= 0.3 is 0 Å². The fraction of sp³-hybridized carbons (Fsp3) is 0.769. The van der Waals surface area contributed by atoms with Crippen LogP contribution in [0.4, 0.5) is 0 Å². The highest BCUT2D eigenvalue weighted by Gasteiger charge is 2.04. The van der Waals surface area contributed by atoms with Gasteiger partial charge in [-0.15, -0.1) is 0 Å². The molecule has 0 aromatic rings. The zero-order valence-electron chi connectivity index (χ0n) is 8.80. The summed E-state index contributed by atoms with van der Waals surface area (Å²) in [6, 6.07) is 0. The van der Waals surface area contributed by atoms with E-state index in [2.05, 4.69) is 19.1 Å². The lowest BCUT2D eigenvalue weighted by atomic mass is 9.95. The van der Waals surface area contributed by atoms with Gasteiger partial charge in [0, 0.05) is 0 Å². The summed E-state index contributed by atoms with van der Waals surface area (Å²) in [5.74, 6) is 0.856. The highest BCUT2D eigenvalue weighted by atomic mass is 14.1. The Morgan fingerprint density at radius 1 is 1.00 bits per heavy atom. The summed E-state index contributed by atoms with van der Waals surface area (Å²) in [7, 11) is 0. The molecule has 0 heteroatoms. The molecule has 0 amide bonds. The molecule has 1 rings (SSSR count). The van der Waals surface area contributed by atoms with Crippen molar-refractivity contribution >= 4 is 0 Å². The van der Waals surface area contributed by atoms with Crippen LogP contribution < -0.4 is 0 Å². The van der Waals surface area contributed by atoms with Crippen LogP contribution in [0.5, 0.6) is 0 Å². The van der Waals surface area contributed by atoms with Gasteiger partial charge < -0.3 is 0 Å². The molecule has 0 saturated heterocycles. The van der Waals surface area contributed by atoms with E-state index in [0.717, 1.165) is 12.3 Å². The van der Waals surface area contributed by atoms with Crippen LogP contribution in [0.25, 0.3) is 0 Å². The third-order valence-corrected chi connectivity index (χ3v) is 3.03. The lowest BCUT2D eigenvalue weighted by Crippen LogP contribution is -1.96. The second-order valence-corrected chi connectivity index (χ2v) is 4.21. The van der Waals surface area contributed by atoms with Crippen LogP contribution >= 0.6 is 0 Å². The van der Waals surface area contributed by atoms with Gasteiger partial charge in [0.1, 0.15) is 0 Å². The number of hydrogen-bond donors (Lipinski definition) is 0. The first-order valence-corrected chi connectivity index (χ1v) is 5.87. The van der Waals surface area contributed by atoms with Crippen molar-refractivity contribution in [3.8, 4) is 0 Å². The van der Waals surface area contributed by atoms with Gasteiger partial charge in [-0.05, 0) is 25.2 Å². The van der Waals surface area contributed by atoms with Gasteiger partial charge in [0.2, 0.25) is 0 Å². The van der Waals surface area contributed by atoms with Crippen LogP contribution in [-0.4, -0.2) is 0 Å². The zero-order valence-corrected chi connectivity index (χ0v) is 8.80. The standard InChI is InChI=1S/C13H23/c1-2-13-11-9-7-5-3-4-6-8-10-12-13/h7,9,13H,1-6,8,10-12H2/b9-7+. The first-order valence-electron chi connectivity index (χ1n) is 5.87. The molecule has 0 fully saturated rings. The maximum absolute atomic E-state index is 4.03. The van der Waals surface area contributed by atoms with E-state index in [4.69, 9.17) is 0 Å². The predicted molar refractivity (Wildman–Crippen MR) is 59.5 cm³/mol. The molecule has 0 bridgehead atoms. The molecule has 1 radical (unpaired) electrons. The predicted octanol–water partition coefficient (Wildman–Crippen LogP) is 4.52. The third-order valence-electron chi connectivity index (χ3n) is 3.03. The van der Waals surface area contributed by atoms with Crippen molar-refractivity contribution in [1.29, 1.82) is 0 Å². The molecule has 1 aliphatic rings. The molecular formula is C13H23. The third kappa shape index (κ3) is 5.13. The monoisotopic (exact) mass is 179 g/mol. The minimum Gasteiger partial charge on any atom is -0.0885 e. The maximum Gasteiger partial charge on any atom is -0.0322 e. The number of rotatable bonds is 1. The first-order chi connectivity index (χ1) is 6.43. The molecule has 75 valence electrons. The zero-order chi connectivity index (χ0) is 9.36. The van der Waals surface area contributed by atoms with Crippen molar-refractivity contribution < 1.29 is 0 Å². The Labute approximate surface area is 83.4 Å². The highest BCUT2D eigenvalue weighted by molar-refractivity contribution is 4.84. The molecule has 1 unspecified atom stereocenters. The lowest BCUT2D eigenvalue weighted by molar-refractivity contribution is 0.460. The molecule has 1 atom stereocenters. The Morgan fingerprint density at radius 2 is 1.77 bits per heavy atom. The van der Waals surface area contributed by atoms with E-state index in [1.54, 1.807) is 0 Å². The van der Waals surface area contributed by atoms with E-state index in [9.17, 15) is 0 Å². The number of hydrogen-bond acceptors (Lipinski definition) is 0. The Balaban J connectivity index is 2.28. The molecular weight excluding hydrogens is 156 g/mol. The quantitative estimate of drug-likeness (QED) is 0.519. The van der Waals surface area contributed by atoms with Gasteiger partial charge in [-0.1, -0.05) is 57.6 Å². The molecule has 0 aromatic heterocycles. The molecule has 0 heterocycles. The van der Waals surface area contributed by atoms with Crippen molar-refractivity contribution in [2.75, 3.05) is 0 Å². The molecule has 0 nitrogen and oxygen atoms in total. The van der Waals surface area contributed by atoms with Gasteiger partial charge in [-0.3, -0.25) is 0 Å². The Kier molecular flexibility index (Phi) is 5.97.